The Morgan fingerprint density at radius 1 is 1.33 bits per heavy atom. The van der Waals surface area contributed by atoms with E-state index in [0.29, 0.717) is 6.42 Å². The van der Waals surface area contributed by atoms with Gasteiger partial charge in [-0.2, -0.15) is 0 Å². The second-order valence-corrected chi connectivity index (χ2v) is 5.70. The van der Waals surface area contributed by atoms with Crippen molar-refractivity contribution in [1.82, 2.24) is 5.32 Å². The van der Waals surface area contributed by atoms with Crippen molar-refractivity contribution >= 4 is 23.2 Å². The van der Waals surface area contributed by atoms with Gasteiger partial charge >= 0.3 is 0 Å². The average Bonchev–Trinajstić information content (AvgIpc) is 2.43. The fourth-order valence-electron chi connectivity index (χ4n) is 2.66. The summed E-state index contributed by atoms with van der Waals surface area (Å²) in [5.74, 6) is -0.120. The van der Waals surface area contributed by atoms with Gasteiger partial charge < -0.3 is 15.1 Å². The highest BCUT2D eigenvalue weighted by Gasteiger charge is 2.32. The van der Waals surface area contributed by atoms with E-state index in [4.69, 9.17) is 0 Å². The van der Waals surface area contributed by atoms with E-state index in [1.165, 1.54) is 0 Å². The van der Waals surface area contributed by atoms with Crippen molar-refractivity contribution in [3.05, 3.63) is 23.8 Å². The van der Waals surface area contributed by atoms with Crippen molar-refractivity contribution in [3.8, 4) is 0 Å². The first-order valence-corrected chi connectivity index (χ1v) is 7.32. The lowest BCUT2D eigenvalue weighted by atomic mass is 10.1. The average molecular weight is 289 g/mol. The molecule has 21 heavy (non-hydrogen) atoms. The molecule has 5 heteroatoms. The summed E-state index contributed by atoms with van der Waals surface area (Å²) in [6.45, 7) is 4.13. The van der Waals surface area contributed by atoms with Crippen molar-refractivity contribution in [2.24, 2.45) is 0 Å². The van der Waals surface area contributed by atoms with E-state index in [0.717, 1.165) is 23.4 Å². The Bertz CT molecular complexity index is 554. The molecule has 2 amide bonds. The first kappa shape index (κ1) is 15.4. The molecule has 0 aliphatic carbocycles. The quantitative estimate of drug-likeness (QED) is 0.918. The zero-order valence-electron chi connectivity index (χ0n) is 13.1. The maximum atomic E-state index is 12.5. The molecule has 0 spiro atoms. The van der Waals surface area contributed by atoms with Gasteiger partial charge in [0.25, 0.3) is 0 Å². The molecule has 1 aromatic rings. The van der Waals surface area contributed by atoms with E-state index in [-0.39, 0.29) is 18.4 Å². The minimum Gasteiger partial charge on any atom is -0.377 e. The van der Waals surface area contributed by atoms with Crippen LogP contribution in [0, 0.1) is 6.92 Å². The number of hydrogen-bond donors (Lipinski definition) is 1. The second kappa shape index (κ2) is 6.16. The van der Waals surface area contributed by atoms with Gasteiger partial charge in [0.1, 0.15) is 12.6 Å². The molecule has 114 valence electrons. The van der Waals surface area contributed by atoms with Gasteiger partial charge in [0.05, 0.1) is 0 Å². The Morgan fingerprint density at radius 3 is 2.67 bits per heavy atom. The fourth-order valence-corrected chi connectivity index (χ4v) is 2.66. The third-order valence-electron chi connectivity index (χ3n) is 3.76. The summed E-state index contributed by atoms with van der Waals surface area (Å²) >= 11 is 0. The van der Waals surface area contributed by atoms with Gasteiger partial charge in [-0.15, -0.1) is 0 Å². The van der Waals surface area contributed by atoms with Crippen LogP contribution in [-0.2, 0) is 9.59 Å². The smallest absolute Gasteiger partial charge is 0.250 e. The van der Waals surface area contributed by atoms with Crippen LogP contribution < -0.4 is 15.1 Å². The number of piperazine rings is 1. The molecule has 2 rings (SSSR count). The van der Waals surface area contributed by atoms with Crippen LogP contribution in [0.4, 0.5) is 11.4 Å². The Morgan fingerprint density at radius 2 is 2.05 bits per heavy atom. The molecule has 1 aliphatic heterocycles. The summed E-state index contributed by atoms with van der Waals surface area (Å²) in [6, 6.07) is 5.45. The largest absolute Gasteiger partial charge is 0.377 e. The maximum absolute atomic E-state index is 12.5. The lowest BCUT2D eigenvalue weighted by Crippen LogP contribution is -2.58. The zero-order chi connectivity index (χ0) is 15.6. The molecule has 1 aromatic carbocycles. The third-order valence-corrected chi connectivity index (χ3v) is 3.76. The number of hydrogen-bond acceptors (Lipinski definition) is 3. The van der Waals surface area contributed by atoms with Crippen molar-refractivity contribution in [2.75, 3.05) is 30.4 Å². The van der Waals surface area contributed by atoms with Crippen molar-refractivity contribution < 1.29 is 9.59 Å². The van der Waals surface area contributed by atoms with Crippen molar-refractivity contribution in [3.63, 3.8) is 0 Å². The highest BCUT2D eigenvalue weighted by molar-refractivity contribution is 6.06. The molecule has 1 aliphatic rings. The standard InChI is InChI=1S/C16H23N3O2/c1-5-6-13-16(21)19(10-15(20)17-13)12-8-7-11(2)14(9-12)18(3)4/h7-9,13H,5-6,10H2,1-4H3,(H,17,20). The number of benzene rings is 1. The van der Waals surface area contributed by atoms with E-state index in [2.05, 4.69) is 5.32 Å². The monoisotopic (exact) mass is 289 g/mol. The van der Waals surface area contributed by atoms with E-state index < -0.39 is 6.04 Å². The summed E-state index contributed by atoms with van der Waals surface area (Å²) in [4.78, 5) is 28.0. The topological polar surface area (TPSA) is 52.7 Å². The van der Waals surface area contributed by atoms with E-state index in [1.54, 1.807) is 4.90 Å². The van der Waals surface area contributed by atoms with Crippen LogP contribution in [0.25, 0.3) is 0 Å². The number of amides is 2. The highest BCUT2D eigenvalue weighted by atomic mass is 16.2. The number of rotatable bonds is 4. The third kappa shape index (κ3) is 3.17. The molecule has 0 bridgehead atoms. The van der Waals surface area contributed by atoms with Crippen LogP contribution in [0.15, 0.2) is 18.2 Å². The molecule has 5 nitrogen and oxygen atoms in total. The molecular formula is C16H23N3O2. The number of carbonyl (C=O) groups is 2. The minimum atomic E-state index is -0.402. The van der Waals surface area contributed by atoms with Gasteiger partial charge in [-0.25, -0.2) is 0 Å². The summed E-state index contributed by atoms with van der Waals surface area (Å²) < 4.78 is 0. The first-order valence-electron chi connectivity index (χ1n) is 7.32. The predicted octanol–water partition coefficient (Wildman–Crippen LogP) is 1.69. The van der Waals surface area contributed by atoms with Crippen LogP contribution in [0.1, 0.15) is 25.3 Å². The molecule has 1 unspecified atom stereocenters. The molecule has 0 radical (unpaired) electrons. The SMILES string of the molecule is CCCC1NC(=O)CN(c2ccc(C)c(N(C)C)c2)C1=O. The van der Waals surface area contributed by atoms with Gasteiger partial charge in [-0.05, 0) is 31.0 Å². The molecule has 0 saturated carbocycles. The number of nitrogens with one attached hydrogen (secondary N) is 1. The molecule has 1 fully saturated rings. The van der Waals surface area contributed by atoms with Gasteiger partial charge in [0.2, 0.25) is 11.8 Å². The van der Waals surface area contributed by atoms with Crippen molar-refractivity contribution in [1.29, 1.82) is 0 Å². The lowest BCUT2D eigenvalue weighted by molar-refractivity contribution is -0.131. The van der Waals surface area contributed by atoms with E-state index in [1.807, 2.05) is 51.0 Å². The molecule has 1 saturated heterocycles. The second-order valence-electron chi connectivity index (χ2n) is 5.70. The Kier molecular flexibility index (Phi) is 4.50. The Labute approximate surface area is 125 Å². The lowest BCUT2D eigenvalue weighted by Gasteiger charge is -2.33. The van der Waals surface area contributed by atoms with Crippen LogP contribution in [0.2, 0.25) is 0 Å². The molecule has 1 heterocycles. The summed E-state index contributed by atoms with van der Waals surface area (Å²) in [6.07, 6.45) is 1.54. The van der Waals surface area contributed by atoms with Crippen LogP contribution in [-0.4, -0.2) is 38.5 Å². The molecular weight excluding hydrogens is 266 g/mol. The summed E-state index contributed by atoms with van der Waals surface area (Å²) in [7, 11) is 3.94. The number of carbonyl (C=O) groups excluding carboxylic acids is 2. The van der Waals surface area contributed by atoms with Gasteiger partial charge in [0.15, 0.2) is 0 Å². The summed E-state index contributed by atoms with van der Waals surface area (Å²) in [5.41, 5.74) is 2.98. The number of anilines is 2. The Hall–Kier alpha value is -2.04. The minimum absolute atomic E-state index is 0.0231. The first-order chi connectivity index (χ1) is 9.93. The van der Waals surface area contributed by atoms with Crippen LogP contribution in [0.3, 0.4) is 0 Å². The van der Waals surface area contributed by atoms with Gasteiger partial charge in [0, 0.05) is 25.5 Å². The van der Waals surface area contributed by atoms with Crippen LogP contribution in [0.5, 0.6) is 0 Å². The molecule has 1 N–H and O–H groups in total. The predicted molar refractivity (Wildman–Crippen MR) is 84.7 cm³/mol. The number of aryl methyl sites for hydroxylation is 1. The normalized spacial score (nSPS) is 18.7. The van der Waals surface area contributed by atoms with E-state index >= 15 is 0 Å². The molecule has 0 aromatic heterocycles. The number of nitrogens with zero attached hydrogens (tertiary/aromatic N) is 2. The Balaban J connectivity index is 2.33. The van der Waals surface area contributed by atoms with Gasteiger partial charge in [-0.1, -0.05) is 19.4 Å². The zero-order valence-corrected chi connectivity index (χ0v) is 13.1. The fraction of sp³-hybridized carbons (Fsp3) is 0.500. The van der Waals surface area contributed by atoms with Gasteiger partial charge in [-0.3, -0.25) is 9.59 Å². The van der Waals surface area contributed by atoms with Crippen molar-refractivity contribution in [2.45, 2.75) is 32.7 Å². The summed E-state index contributed by atoms with van der Waals surface area (Å²) in [5, 5.41) is 2.77. The molecule has 1 atom stereocenters. The van der Waals surface area contributed by atoms with Crippen LogP contribution >= 0.6 is 0 Å². The maximum Gasteiger partial charge on any atom is 0.250 e. The highest BCUT2D eigenvalue weighted by Crippen LogP contribution is 2.26. The van der Waals surface area contributed by atoms with E-state index in [9.17, 15) is 9.59 Å².